The van der Waals surface area contributed by atoms with Crippen molar-refractivity contribution in [2.24, 2.45) is 33.5 Å². The van der Waals surface area contributed by atoms with Crippen LogP contribution in [0.2, 0.25) is 15.5 Å². The van der Waals surface area contributed by atoms with Gasteiger partial charge >= 0.3 is 11.9 Å². The summed E-state index contributed by atoms with van der Waals surface area (Å²) >= 11 is 17.6. The zero-order valence-electron chi connectivity index (χ0n) is 41.7. The summed E-state index contributed by atoms with van der Waals surface area (Å²) in [5.74, 6) is -1.19. The summed E-state index contributed by atoms with van der Waals surface area (Å²) in [6, 6.07) is 8.95. The first-order valence-electron chi connectivity index (χ1n) is 23.8. The van der Waals surface area contributed by atoms with Gasteiger partial charge in [0.1, 0.15) is 26.7 Å². The molecular weight excluding hydrogens is 815 g/mol. The molecule has 6 saturated carbocycles. The molecule has 1 N–H and O–H groups in total. The molecule has 0 amide bonds. The lowest BCUT2D eigenvalue weighted by atomic mass is 10.2. The van der Waals surface area contributed by atoms with Crippen molar-refractivity contribution in [2.45, 2.75) is 117 Å². The van der Waals surface area contributed by atoms with Crippen LogP contribution < -0.4 is 9.47 Å². The van der Waals surface area contributed by atoms with Crippen molar-refractivity contribution in [2.75, 3.05) is 13.1 Å². The van der Waals surface area contributed by atoms with Crippen molar-refractivity contribution in [3.05, 3.63) is 75.4 Å². The number of rotatable bonds is 11. The van der Waals surface area contributed by atoms with E-state index in [1.165, 1.54) is 53.5 Å². The Bertz CT molecular complexity index is 2530. The number of carbonyl (C=O) groups is 2. The quantitative estimate of drug-likeness (QED) is 0.114. The Kier molecular flexibility index (Phi) is 8.48. The Labute approximate surface area is 371 Å². The fraction of sp³-hybridized carbons (Fsp3) is 0.591. The summed E-state index contributed by atoms with van der Waals surface area (Å²) in [6.07, 6.45) is 7.01. The Hall–Kier alpha value is -3.87. The number of fused-ring (bicyclic) bond motifs is 2. The number of hydrogen-bond donors (Lipinski definition) is 1. The van der Waals surface area contributed by atoms with E-state index in [2.05, 4.69) is 25.3 Å². The van der Waals surface area contributed by atoms with Crippen molar-refractivity contribution in [1.29, 1.82) is 0 Å². The van der Waals surface area contributed by atoms with Crippen LogP contribution in [0.25, 0.3) is 5.82 Å². The largest absolute Gasteiger partial charge is 0.478 e. The Morgan fingerprint density at radius 1 is 0.729 bits per heavy atom. The lowest BCUT2D eigenvalue weighted by molar-refractivity contribution is 0.00567. The Morgan fingerprint density at radius 3 is 1.66 bits per heavy atom. The van der Waals surface area contributed by atoms with E-state index >= 15 is 0 Å². The SMILES string of the molecule is CC(C)(C)OC(=O)c1ccc(Cl)nc1Cl.[2H]C([2H])(Oc1ccn(-c2ccc(C(=O)OC(C)(C)C)c(Cl)n2)n1)C([2H])([2H])C1C2(CC2)C12CC2.[2H]C([2H])(Oc1ccn[nH]1)C([2H])([2H])C1C2(CC2)C12CC2. The zero-order valence-corrected chi connectivity index (χ0v) is 36.0. The molecule has 10 rings (SSSR count). The van der Waals surface area contributed by atoms with Crippen molar-refractivity contribution in [3.63, 3.8) is 0 Å². The number of aromatic amines is 1. The lowest BCUT2D eigenvalue weighted by Crippen LogP contribution is -2.24. The summed E-state index contributed by atoms with van der Waals surface area (Å²) in [4.78, 5) is 31.8. The number of hydrogen-bond acceptors (Lipinski definition) is 10. The molecule has 0 aromatic carbocycles. The number of esters is 2. The second-order valence-corrected chi connectivity index (χ2v) is 19.3. The normalized spacial score (nSPS) is 23.2. The van der Waals surface area contributed by atoms with E-state index < -0.39 is 49.0 Å². The van der Waals surface area contributed by atoms with Gasteiger partial charge < -0.3 is 18.9 Å². The summed E-state index contributed by atoms with van der Waals surface area (Å²) in [7, 11) is 0. The summed E-state index contributed by atoms with van der Waals surface area (Å²) in [5.41, 5.74) is -0.711. The number of nitrogens with one attached hydrogen (secondary N) is 1. The van der Waals surface area contributed by atoms with Gasteiger partial charge in [-0.15, -0.1) is 5.10 Å². The third-order valence-electron chi connectivity index (χ3n) is 12.1. The molecule has 6 aliphatic rings. The predicted octanol–water partition coefficient (Wildman–Crippen LogP) is 10.5. The molecule has 0 unspecified atom stereocenters. The van der Waals surface area contributed by atoms with Crippen LogP contribution in [0.5, 0.6) is 11.8 Å². The third-order valence-corrected chi connectivity index (χ3v) is 12.9. The van der Waals surface area contributed by atoms with Gasteiger partial charge in [-0.1, -0.05) is 34.8 Å². The van der Waals surface area contributed by atoms with Gasteiger partial charge in [-0.25, -0.2) is 29.3 Å². The molecule has 4 spiro atoms. The highest BCUT2D eigenvalue weighted by Crippen LogP contribution is 2.93. The van der Waals surface area contributed by atoms with Gasteiger partial charge in [-0.3, -0.25) is 0 Å². The molecule has 0 saturated heterocycles. The van der Waals surface area contributed by atoms with Crippen LogP contribution in [0, 0.1) is 33.5 Å². The number of aromatic nitrogens is 6. The van der Waals surface area contributed by atoms with E-state index in [1.54, 1.807) is 41.5 Å². The van der Waals surface area contributed by atoms with E-state index in [9.17, 15) is 9.59 Å². The average molecular weight is 876 g/mol. The molecule has 0 radical (unpaired) electrons. The zero-order chi connectivity index (χ0) is 49.2. The van der Waals surface area contributed by atoms with Crippen molar-refractivity contribution in [3.8, 4) is 17.6 Å². The second-order valence-electron chi connectivity index (χ2n) is 18.2. The number of carbonyl (C=O) groups excluding carboxylic acids is 2. The molecule has 15 heteroatoms. The van der Waals surface area contributed by atoms with E-state index in [-0.39, 0.29) is 71.8 Å². The van der Waals surface area contributed by atoms with Gasteiger partial charge in [0.05, 0.1) is 35.9 Å². The number of pyridine rings is 2. The first kappa shape index (κ1) is 32.8. The fourth-order valence-electron chi connectivity index (χ4n) is 8.72. The van der Waals surface area contributed by atoms with Crippen LogP contribution in [0.3, 0.4) is 0 Å². The van der Waals surface area contributed by atoms with Gasteiger partial charge in [0.25, 0.3) is 0 Å². The number of nitrogens with zero attached hydrogens (tertiary/aromatic N) is 5. The van der Waals surface area contributed by atoms with Crippen LogP contribution in [-0.4, -0.2) is 66.2 Å². The first-order valence-corrected chi connectivity index (χ1v) is 20.9. The van der Waals surface area contributed by atoms with Gasteiger partial charge in [-0.05, 0) is 163 Å². The monoisotopic (exact) mass is 874 g/mol. The molecule has 6 fully saturated rings. The topological polar surface area (TPSA) is 143 Å². The molecule has 316 valence electrons. The highest BCUT2D eigenvalue weighted by atomic mass is 35.5. The summed E-state index contributed by atoms with van der Waals surface area (Å²) < 4.78 is 88.9. The second kappa shape index (κ2) is 15.2. The molecule has 12 nitrogen and oxygen atoms in total. The molecule has 4 aromatic heterocycles. The number of halogens is 3. The first-order chi connectivity index (χ1) is 30.9. The molecule has 0 bridgehead atoms. The molecule has 6 aliphatic carbocycles. The van der Waals surface area contributed by atoms with Crippen LogP contribution in [0.4, 0.5) is 0 Å². The Morgan fingerprint density at radius 2 is 1.22 bits per heavy atom. The fourth-order valence-corrected chi connectivity index (χ4v) is 9.37. The van der Waals surface area contributed by atoms with Gasteiger partial charge in [-0.2, -0.15) is 5.10 Å². The maximum Gasteiger partial charge on any atom is 0.341 e. The molecule has 4 aromatic rings. The van der Waals surface area contributed by atoms with E-state index in [0.717, 1.165) is 51.4 Å². The molecule has 0 aliphatic heterocycles. The van der Waals surface area contributed by atoms with E-state index in [1.807, 2.05) is 0 Å². The number of ether oxygens (including phenoxy) is 4. The van der Waals surface area contributed by atoms with Crippen molar-refractivity contribution >= 4 is 46.7 Å². The maximum absolute atomic E-state index is 12.3. The summed E-state index contributed by atoms with van der Waals surface area (Å²) in [6.45, 7) is 5.73. The minimum absolute atomic E-state index is 0.0108. The van der Waals surface area contributed by atoms with Gasteiger partial charge in [0, 0.05) is 23.8 Å². The summed E-state index contributed by atoms with van der Waals surface area (Å²) in [5, 5.41) is 10.6. The molecule has 0 atom stereocenters. The maximum atomic E-state index is 12.3. The molecule has 59 heavy (non-hydrogen) atoms. The van der Waals surface area contributed by atoms with Gasteiger partial charge in [0.2, 0.25) is 11.8 Å². The highest BCUT2D eigenvalue weighted by Gasteiger charge is 2.86. The molecular formula is C44H53Cl3N6O6. The number of H-pyrrole nitrogens is 1. The van der Waals surface area contributed by atoms with Gasteiger partial charge in [0.15, 0.2) is 5.82 Å². The third kappa shape index (κ3) is 8.69. The highest BCUT2D eigenvalue weighted by molar-refractivity contribution is 6.34. The van der Waals surface area contributed by atoms with E-state index in [0.29, 0.717) is 5.82 Å². The predicted molar refractivity (Wildman–Crippen MR) is 223 cm³/mol. The minimum Gasteiger partial charge on any atom is -0.478 e. The van der Waals surface area contributed by atoms with Crippen LogP contribution in [0.15, 0.2) is 48.8 Å². The minimum atomic E-state index is -2.54. The molecule has 4 heterocycles. The standard InChI is InChI=1S/C22H26ClN3O3.C12H16N2O.C10H11Cl2NO2/c1-20(2,3)29-19(27)14-4-5-16(24-18(14)23)26-12-6-17(25-26)28-13-7-15-21(8-9-21)22(15)10-11-22;1-7-13-14-10(1)15-8-2-9-11(3-4-11)12(9)5-6-12;1-10(2,3)15-9(14)6-4-5-7(11)13-8(6)12/h4-6,12,15H,7-11,13H2,1-3H3;1,7,9H,2-6,8H2,(H,13,14);4-5H,1-3H3/i7D2,13D2;2D2,8D2;. The lowest BCUT2D eigenvalue weighted by Gasteiger charge is -2.19. The van der Waals surface area contributed by atoms with Crippen LogP contribution >= 0.6 is 34.8 Å². The smallest absolute Gasteiger partial charge is 0.341 e. The Balaban J connectivity index is 0.000000151. The van der Waals surface area contributed by atoms with Crippen LogP contribution in [0.1, 0.15) is 137 Å². The average Bonchev–Trinajstić information content (AvgIpc) is 3.91. The van der Waals surface area contributed by atoms with Crippen LogP contribution in [-0.2, 0) is 9.47 Å². The van der Waals surface area contributed by atoms with Crippen molar-refractivity contribution < 1.29 is 39.5 Å². The van der Waals surface area contributed by atoms with Crippen molar-refractivity contribution in [1.82, 2.24) is 29.9 Å². The van der Waals surface area contributed by atoms with E-state index in [4.69, 9.17) is 64.7 Å².